The van der Waals surface area contributed by atoms with Gasteiger partial charge in [0.15, 0.2) is 23.1 Å². The van der Waals surface area contributed by atoms with Crippen molar-refractivity contribution >= 4 is 24.0 Å². The van der Waals surface area contributed by atoms with Gasteiger partial charge in [0.2, 0.25) is 0 Å². The molecule has 1 aliphatic carbocycles. The number of hydrogen-bond donors (Lipinski definition) is 0. The number of amides is 2. The number of nitrogens with zero attached hydrogens (tertiary/aromatic N) is 3. The van der Waals surface area contributed by atoms with Crippen molar-refractivity contribution in [1.29, 1.82) is 0 Å². The van der Waals surface area contributed by atoms with Gasteiger partial charge < -0.3 is 14.2 Å². The van der Waals surface area contributed by atoms with E-state index in [4.69, 9.17) is 14.2 Å². The Morgan fingerprint density at radius 2 is 1.76 bits per heavy atom. The molecule has 2 amide bonds. The van der Waals surface area contributed by atoms with Crippen molar-refractivity contribution in [3.8, 4) is 11.5 Å². The molecule has 180 valence electrons. The van der Waals surface area contributed by atoms with E-state index in [0.29, 0.717) is 11.1 Å². The van der Waals surface area contributed by atoms with Crippen molar-refractivity contribution in [2.45, 2.75) is 44.1 Å². The second kappa shape index (κ2) is 8.03. The van der Waals surface area contributed by atoms with Gasteiger partial charge in [-0.3, -0.25) is 9.69 Å². The van der Waals surface area contributed by atoms with Crippen LogP contribution in [0, 0.1) is 11.6 Å². The smallest absolute Gasteiger partial charge is 0.415 e. The molecule has 0 bridgehead atoms. The Balaban J connectivity index is 1.79. The van der Waals surface area contributed by atoms with Crippen LogP contribution in [0.2, 0.25) is 0 Å². The van der Waals surface area contributed by atoms with E-state index in [1.165, 1.54) is 38.6 Å². The molecule has 1 aliphatic heterocycles. The number of ether oxygens (including phenoxy) is 3. The second-order valence-electron chi connectivity index (χ2n) is 9.28. The summed E-state index contributed by atoms with van der Waals surface area (Å²) in [5, 5.41) is 0. The summed E-state index contributed by atoms with van der Waals surface area (Å²) in [7, 11) is 4.01. The fourth-order valence-electron chi connectivity index (χ4n) is 4.27. The van der Waals surface area contributed by atoms with Gasteiger partial charge in [0.05, 0.1) is 19.6 Å². The molecule has 2 aromatic rings. The molecule has 0 N–H and O–H groups in total. The van der Waals surface area contributed by atoms with Gasteiger partial charge in [-0.2, -0.15) is 0 Å². The van der Waals surface area contributed by atoms with Crippen LogP contribution in [-0.4, -0.2) is 50.1 Å². The summed E-state index contributed by atoms with van der Waals surface area (Å²) >= 11 is 0. The van der Waals surface area contributed by atoms with E-state index in [-0.39, 0.29) is 29.3 Å². The van der Waals surface area contributed by atoms with E-state index in [9.17, 15) is 9.59 Å². The molecule has 2 aliphatic rings. The standard InChI is InChI=1S/C24H25F2N3O5/c1-23(2,3)34-22(31)29(4)17-7-13-12(10-27-17)11-28-21(30)24(13)9-14(24)18-19(25)15(32-5)8-16(33-6)20(18)26/h7-8,10-11,14H,9H2,1-6H3. The van der Waals surface area contributed by atoms with Crippen molar-refractivity contribution in [2.24, 2.45) is 4.99 Å². The number of halogens is 2. The predicted molar refractivity (Wildman–Crippen MR) is 120 cm³/mol. The number of carbonyl (C=O) groups excluding carboxylic acids is 2. The number of aliphatic imine (C=N–C) groups is 1. The number of aromatic nitrogens is 1. The lowest BCUT2D eigenvalue weighted by molar-refractivity contribution is -0.120. The maximum absolute atomic E-state index is 15.2. The average Bonchev–Trinajstić information content (AvgIpc) is 3.51. The minimum absolute atomic E-state index is 0.125. The minimum Gasteiger partial charge on any atom is -0.494 e. The highest BCUT2D eigenvalue weighted by Gasteiger charge is 2.65. The highest BCUT2D eigenvalue weighted by Crippen LogP contribution is 2.64. The third-order valence-corrected chi connectivity index (χ3v) is 6.03. The molecule has 2 atom stereocenters. The molecule has 1 aromatic carbocycles. The van der Waals surface area contributed by atoms with Crippen molar-refractivity contribution in [2.75, 3.05) is 26.2 Å². The summed E-state index contributed by atoms with van der Waals surface area (Å²) in [5.74, 6) is -3.32. The molecule has 1 fully saturated rings. The van der Waals surface area contributed by atoms with Crippen LogP contribution in [0.3, 0.4) is 0 Å². The molecule has 10 heteroatoms. The summed E-state index contributed by atoms with van der Waals surface area (Å²) in [6.07, 6.45) is 2.32. The zero-order chi connectivity index (χ0) is 25.0. The van der Waals surface area contributed by atoms with Crippen LogP contribution >= 0.6 is 0 Å². The van der Waals surface area contributed by atoms with E-state index >= 15 is 8.78 Å². The number of anilines is 1. The molecular formula is C24H25F2N3O5. The molecular weight excluding hydrogens is 448 g/mol. The van der Waals surface area contributed by atoms with Crippen LogP contribution in [-0.2, 0) is 14.9 Å². The Kier molecular flexibility index (Phi) is 5.58. The van der Waals surface area contributed by atoms with Crippen LogP contribution in [0.25, 0.3) is 0 Å². The Labute approximate surface area is 195 Å². The number of rotatable bonds is 4. The maximum atomic E-state index is 15.2. The van der Waals surface area contributed by atoms with Gasteiger partial charge in [-0.15, -0.1) is 0 Å². The number of hydrogen-bond acceptors (Lipinski definition) is 6. The first kappa shape index (κ1) is 23.6. The van der Waals surface area contributed by atoms with Crippen LogP contribution < -0.4 is 14.4 Å². The van der Waals surface area contributed by atoms with E-state index in [1.807, 2.05) is 0 Å². The number of pyridine rings is 1. The first-order valence-corrected chi connectivity index (χ1v) is 10.6. The Bertz CT molecular complexity index is 1200. The van der Waals surface area contributed by atoms with Crippen LogP contribution in [0.1, 0.15) is 49.8 Å². The number of benzene rings is 1. The lowest BCUT2D eigenvalue weighted by Gasteiger charge is -2.26. The largest absolute Gasteiger partial charge is 0.494 e. The highest BCUT2D eigenvalue weighted by molar-refractivity contribution is 6.07. The van der Waals surface area contributed by atoms with Crippen molar-refractivity contribution in [3.05, 3.63) is 46.7 Å². The molecule has 34 heavy (non-hydrogen) atoms. The van der Waals surface area contributed by atoms with Crippen LogP contribution in [0.4, 0.5) is 19.4 Å². The van der Waals surface area contributed by atoms with E-state index in [1.54, 1.807) is 26.8 Å². The van der Waals surface area contributed by atoms with Gasteiger partial charge in [0.25, 0.3) is 5.91 Å². The number of methoxy groups -OCH3 is 2. The molecule has 1 spiro atoms. The van der Waals surface area contributed by atoms with Crippen molar-refractivity contribution in [3.63, 3.8) is 0 Å². The molecule has 0 saturated heterocycles. The third-order valence-electron chi connectivity index (χ3n) is 6.03. The molecule has 1 aromatic heterocycles. The van der Waals surface area contributed by atoms with Gasteiger partial charge in [0, 0.05) is 42.6 Å². The van der Waals surface area contributed by atoms with Crippen molar-refractivity contribution in [1.82, 2.24) is 4.98 Å². The molecule has 1 saturated carbocycles. The summed E-state index contributed by atoms with van der Waals surface area (Å²) in [4.78, 5) is 35.0. The fraction of sp³-hybridized carbons (Fsp3) is 0.417. The SMILES string of the molecule is COc1cc(OC)c(F)c(C2CC23C(=O)N=Cc2cnc(N(C)C(=O)OC(C)(C)C)cc23)c1F. The third kappa shape index (κ3) is 3.66. The Hall–Kier alpha value is -3.56. The number of fused-ring (bicyclic) bond motifs is 2. The topological polar surface area (TPSA) is 90.3 Å². The molecule has 0 radical (unpaired) electrons. The highest BCUT2D eigenvalue weighted by atomic mass is 19.1. The first-order valence-electron chi connectivity index (χ1n) is 10.6. The fourth-order valence-corrected chi connectivity index (χ4v) is 4.27. The zero-order valence-electron chi connectivity index (χ0n) is 19.7. The monoisotopic (exact) mass is 473 g/mol. The normalized spacial score (nSPS) is 20.7. The summed E-state index contributed by atoms with van der Waals surface area (Å²) in [6.45, 7) is 5.22. The summed E-state index contributed by atoms with van der Waals surface area (Å²) in [5.41, 5.74) is -1.30. The van der Waals surface area contributed by atoms with E-state index < -0.39 is 40.6 Å². The Morgan fingerprint density at radius 1 is 1.15 bits per heavy atom. The molecule has 4 rings (SSSR count). The van der Waals surface area contributed by atoms with Gasteiger partial charge in [-0.25, -0.2) is 23.6 Å². The lowest BCUT2D eigenvalue weighted by atomic mass is 9.85. The minimum atomic E-state index is -1.30. The van der Waals surface area contributed by atoms with E-state index in [0.717, 1.165) is 6.07 Å². The van der Waals surface area contributed by atoms with Gasteiger partial charge in [-0.1, -0.05) is 0 Å². The number of carbonyl (C=O) groups is 2. The predicted octanol–water partition coefficient (Wildman–Crippen LogP) is 4.13. The molecule has 2 unspecified atom stereocenters. The molecule has 2 heterocycles. The summed E-state index contributed by atoms with van der Waals surface area (Å²) < 4.78 is 45.9. The second-order valence-corrected chi connectivity index (χ2v) is 9.28. The van der Waals surface area contributed by atoms with Gasteiger partial charge >= 0.3 is 6.09 Å². The quantitative estimate of drug-likeness (QED) is 0.663. The first-order chi connectivity index (χ1) is 15.9. The van der Waals surface area contributed by atoms with Crippen molar-refractivity contribution < 1.29 is 32.6 Å². The van der Waals surface area contributed by atoms with Crippen LogP contribution in [0.15, 0.2) is 23.3 Å². The maximum Gasteiger partial charge on any atom is 0.415 e. The molecule has 8 nitrogen and oxygen atoms in total. The van der Waals surface area contributed by atoms with E-state index in [2.05, 4.69) is 9.98 Å². The van der Waals surface area contributed by atoms with Crippen LogP contribution in [0.5, 0.6) is 11.5 Å². The van der Waals surface area contributed by atoms with Gasteiger partial charge in [-0.05, 0) is 38.8 Å². The zero-order valence-corrected chi connectivity index (χ0v) is 19.7. The lowest BCUT2D eigenvalue weighted by Crippen LogP contribution is -2.35. The summed E-state index contributed by atoms with van der Waals surface area (Å²) in [6, 6.07) is 2.69. The van der Waals surface area contributed by atoms with Gasteiger partial charge in [0.1, 0.15) is 11.4 Å². The Morgan fingerprint density at radius 3 is 2.32 bits per heavy atom. The average molecular weight is 473 g/mol.